The van der Waals surface area contributed by atoms with Crippen LogP contribution < -0.4 is 21.6 Å². The van der Waals surface area contributed by atoms with Crippen molar-refractivity contribution in [2.75, 3.05) is 17.2 Å². The van der Waals surface area contributed by atoms with Gasteiger partial charge in [0.15, 0.2) is 0 Å². The standard InChI is InChI=1S/C31H31N9O/c1-31(2,3)18-36-28-22(15-33)16-35-27-21(14-32)12-23(13-25(27)28)37-29(26-17-40(39-38-26)24-7-8-24)19-5-4-6-20(11-19)30-34-9-10-41-30/h4-6,9-13,16-17,24,29,37-39H,7-8,18H2,1-3H3,(H,35,36)/t29-/m0/s1. The second kappa shape index (κ2) is 10.5. The zero-order chi connectivity index (χ0) is 28.6. The molecule has 1 saturated carbocycles. The van der Waals surface area contributed by atoms with Crippen molar-refractivity contribution < 1.29 is 4.42 Å². The minimum Gasteiger partial charge on any atom is -0.445 e. The van der Waals surface area contributed by atoms with E-state index in [1.807, 2.05) is 30.3 Å². The van der Waals surface area contributed by atoms with Gasteiger partial charge in [-0.3, -0.25) is 9.99 Å². The van der Waals surface area contributed by atoms with E-state index >= 15 is 0 Å². The van der Waals surface area contributed by atoms with Crippen LogP contribution in [0.15, 0.2) is 71.4 Å². The summed E-state index contributed by atoms with van der Waals surface area (Å²) in [5.41, 5.74) is 12.2. The van der Waals surface area contributed by atoms with Crippen LogP contribution in [-0.2, 0) is 0 Å². The van der Waals surface area contributed by atoms with Crippen LogP contribution in [0.25, 0.3) is 22.4 Å². The summed E-state index contributed by atoms with van der Waals surface area (Å²) < 4.78 is 5.56. The molecule has 206 valence electrons. The largest absolute Gasteiger partial charge is 0.445 e. The number of hydrogen-bond acceptors (Lipinski definition) is 10. The first kappa shape index (κ1) is 26.2. The molecule has 1 aliphatic carbocycles. The molecule has 0 spiro atoms. The quantitative estimate of drug-likeness (QED) is 0.222. The number of aromatic nitrogens is 2. The van der Waals surface area contributed by atoms with Crippen molar-refractivity contribution >= 4 is 22.3 Å². The number of nitriles is 2. The van der Waals surface area contributed by atoms with Gasteiger partial charge in [-0.2, -0.15) is 10.5 Å². The molecule has 2 aromatic heterocycles. The molecule has 3 heterocycles. The number of hydrogen-bond donors (Lipinski definition) is 4. The zero-order valence-electron chi connectivity index (χ0n) is 23.2. The molecular formula is C31H31N9O. The van der Waals surface area contributed by atoms with E-state index in [9.17, 15) is 10.5 Å². The molecule has 2 aromatic carbocycles. The van der Waals surface area contributed by atoms with E-state index in [-0.39, 0.29) is 11.5 Å². The number of hydrazine groups is 2. The lowest BCUT2D eigenvalue weighted by atomic mass is 9.96. The molecule has 6 rings (SSSR count). The average molecular weight is 546 g/mol. The van der Waals surface area contributed by atoms with Gasteiger partial charge in [0.05, 0.1) is 40.3 Å². The number of benzene rings is 2. The molecule has 1 atom stereocenters. The monoisotopic (exact) mass is 545 g/mol. The van der Waals surface area contributed by atoms with Gasteiger partial charge in [0.2, 0.25) is 5.89 Å². The lowest BCUT2D eigenvalue weighted by molar-refractivity contribution is 0.260. The fourth-order valence-electron chi connectivity index (χ4n) is 4.86. The Morgan fingerprint density at radius 1 is 1.12 bits per heavy atom. The number of fused-ring (bicyclic) bond motifs is 1. The van der Waals surface area contributed by atoms with Crippen LogP contribution in [0.4, 0.5) is 11.4 Å². The van der Waals surface area contributed by atoms with Gasteiger partial charge in [-0.1, -0.05) is 32.9 Å². The smallest absolute Gasteiger partial charge is 0.225 e. The Morgan fingerprint density at radius 3 is 2.66 bits per heavy atom. The summed E-state index contributed by atoms with van der Waals surface area (Å²) in [5, 5.41) is 29.9. The third kappa shape index (κ3) is 5.51. The van der Waals surface area contributed by atoms with E-state index in [1.165, 1.54) is 6.20 Å². The molecule has 0 unspecified atom stereocenters. The third-order valence-corrected chi connectivity index (χ3v) is 7.08. The normalized spacial score (nSPS) is 15.5. The van der Waals surface area contributed by atoms with Gasteiger partial charge in [-0.05, 0) is 48.1 Å². The Hall–Kier alpha value is -5.06. The van der Waals surface area contributed by atoms with Crippen LogP contribution in [0.5, 0.6) is 0 Å². The zero-order valence-corrected chi connectivity index (χ0v) is 23.2. The highest BCUT2D eigenvalue weighted by molar-refractivity contribution is 5.99. The van der Waals surface area contributed by atoms with E-state index < -0.39 is 0 Å². The van der Waals surface area contributed by atoms with Gasteiger partial charge in [-0.15, -0.1) is 5.53 Å². The minimum absolute atomic E-state index is 0.0176. The van der Waals surface area contributed by atoms with E-state index in [0.29, 0.717) is 46.2 Å². The number of nitrogens with zero attached hydrogens (tertiary/aromatic N) is 5. The highest BCUT2D eigenvalue weighted by Crippen LogP contribution is 2.36. The Morgan fingerprint density at radius 2 is 1.95 bits per heavy atom. The molecule has 10 nitrogen and oxygen atoms in total. The fourth-order valence-corrected chi connectivity index (χ4v) is 4.86. The second-order valence-corrected chi connectivity index (χ2v) is 11.6. The van der Waals surface area contributed by atoms with Crippen LogP contribution in [-0.4, -0.2) is 27.6 Å². The molecule has 1 aliphatic heterocycles. The maximum absolute atomic E-state index is 10.1. The van der Waals surface area contributed by atoms with Crippen molar-refractivity contribution in [2.24, 2.45) is 5.41 Å². The Bertz CT molecular complexity index is 1700. The molecule has 0 saturated heterocycles. The van der Waals surface area contributed by atoms with Gasteiger partial charge >= 0.3 is 0 Å². The van der Waals surface area contributed by atoms with E-state index in [2.05, 4.69) is 75.7 Å². The Kier molecular flexibility index (Phi) is 6.70. The van der Waals surface area contributed by atoms with Gasteiger partial charge in [-0.25, -0.2) is 4.98 Å². The van der Waals surface area contributed by atoms with Crippen molar-refractivity contribution in [3.05, 3.63) is 83.6 Å². The molecular weight excluding hydrogens is 514 g/mol. The molecule has 41 heavy (non-hydrogen) atoms. The van der Waals surface area contributed by atoms with Crippen LogP contribution >= 0.6 is 0 Å². The number of rotatable bonds is 8. The molecule has 2 aliphatic rings. The van der Waals surface area contributed by atoms with E-state index in [1.54, 1.807) is 18.5 Å². The first-order valence-electron chi connectivity index (χ1n) is 13.6. The van der Waals surface area contributed by atoms with Crippen LogP contribution in [0.1, 0.15) is 56.3 Å². The summed E-state index contributed by atoms with van der Waals surface area (Å²) >= 11 is 0. The summed E-state index contributed by atoms with van der Waals surface area (Å²) in [6.45, 7) is 7.03. The Balaban J connectivity index is 1.44. The summed E-state index contributed by atoms with van der Waals surface area (Å²) in [7, 11) is 0. The topological polar surface area (TPSA) is 138 Å². The Labute approximate surface area is 238 Å². The van der Waals surface area contributed by atoms with Gasteiger partial charge in [0, 0.05) is 41.6 Å². The molecule has 0 bridgehead atoms. The van der Waals surface area contributed by atoms with Gasteiger partial charge in [0.1, 0.15) is 18.4 Å². The number of pyridine rings is 1. The molecule has 0 radical (unpaired) electrons. The van der Waals surface area contributed by atoms with Crippen LogP contribution in [0.3, 0.4) is 0 Å². The maximum atomic E-state index is 10.1. The van der Waals surface area contributed by atoms with E-state index in [4.69, 9.17) is 4.42 Å². The number of nitrogens with one attached hydrogen (secondary N) is 4. The summed E-state index contributed by atoms with van der Waals surface area (Å²) in [6, 6.07) is 16.5. The molecule has 4 N–H and O–H groups in total. The lowest BCUT2D eigenvalue weighted by Crippen LogP contribution is -2.38. The number of oxazole rings is 1. The fraction of sp³-hybridized carbons (Fsp3) is 0.290. The lowest BCUT2D eigenvalue weighted by Gasteiger charge is -2.23. The van der Waals surface area contributed by atoms with Crippen molar-refractivity contribution in [1.29, 1.82) is 10.5 Å². The minimum atomic E-state index is -0.303. The SMILES string of the molecule is CC(C)(C)CNc1c(C#N)cnc2c(C#N)cc(N[C@H](C3=CN(C4CC4)NN3)c3cccc(-c4ncco4)c3)cc12. The highest BCUT2D eigenvalue weighted by Gasteiger charge is 2.32. The van der Waals surface area contributed by atoms with Crippen molar-refractivity contribution in [3.8, 4) is 23.6 Å². The predicted molar refractivity (Wildman–Crippen MR) is 157 cm³/mol. The van der Waals surface area contributed by atoms with Crippen LogP contribution in [0.2, 0.25) is 0 Å². The molecule has 4 aromatic rings. The molecule has 10 heteroatoms. The van der Waals surface area contributed by atoms with E-state index in [0.717, 1.165) is 35.4 Å². The van der Waals surface area contributed by atoms with Crippen molar-refractivity contribution in [2.45, 2.75) is 45.7 Å². The van der Waals surface area contributed by atoms with Crippen LogP contribution in [0, 0.1) is 28.1 Å². The summed E-state index contributed by atoms with van der Waals surface area (Å²) in [5.74, 6) is 0.541. The molecule has 0 amide bonds. The molecule has 1 fully saturated rings. The predicted octanol–water partition coefficient (Wildman–Crippen LogP) is 5.57. The van der Waals surface area contributed by atoms with Crippen molar-refractivity contribution in [3.63, 3.8) is 0 Å². The third-order valence-electron chi connectivity index (χ3n) is 7.08. The van der Waals surface area contributed by atoms with Crippen molar-refractivity contribution in [1.82, 2.24) is 25.9 Å². The van der Waals surface area contributed by atoms with Gasteiger partial charge < -0.3 is 20.5 Å². The summed E-state index contributed by atoms with van der Waals surface area (Å²) in [6.07, 6.45) is 9.09. The first-order valence-corrected chi connectivity index (χ1v) is 13.6. The first-order chi connectivity index (χ1) is 19.8. The highest BCUT2D eigenvalue weighted by atomic mass is 16.3. The maximum Gasteiger partial charge on any atom is 0.225 e. The number of anilines is 2. The average Bonchev–Trinajstić information content (AvgIpc) is 3.44. The van der Waals surface area contributed by atoms with Gasteiger partial charge in [0.25, 0.3) is 0 Å². The summed E-state index contributed by atoms with van der Waals surface area (Å²) in [4.78, 5) is 8.80. The second-order valence-electron chi connectivity index (χ2n) is 11.6.